The Morgan fingerprint density at radius 2 is 2.31 bits per heavy atom. The molecule has 136 valence electrons. The van der Waals surface area contributed by atoms with Gasteiger partial charge in [-0.2, -0.15) is 0 Å². The molecule has 3 aromatic rings. The molecule has 0 aliphatic carbocycles. The molecule has 3 heterocycles. The third-order valence-corrected chi connectivity index (χ3v) is 5.68. The number of benzene rings is 1. The summed E-state index contributed by atoms with van der Waals surface area (Å²) in [6.45, 7) is 3.73. The van der Waals surface area contributed by atoms with E-state index >= 15 is 0 Å². The van der Waals surface area contributed by atoms with Gasteiger partial charge < -0.3 is 14.6 Å². The van der Waals surface area contributed by atoms with Crippen LogP contribution in [0.5, 0.6) is 5.75 Å². The minimum absolute atomic E-state index is 0.269. The molecule has 1 aliphatic rings. The number of nitrogens with one attached hydrogen (secondary N) is 1. The molecule has 0 amide bonds. The Hall–Kier alpha value is -2.22. The van der Waals surface area contributed by atoms with Crippen molar-refractivity contribution in [3.63, 3.8) is 0 Å². The standard InChI is InChI=1S/C19H23N5OS/c1-23-8-7-21-18(23)17-11-20-6-9-24(17)12-15-13-26-19(22-15)14-4-3-5-16(10-14)25-2/h3-5,7-8,10,13,17,20H,6,9,11-12H2,1-2H3. The Kier molecular flexibility index (Phi) is 5.01. The maximum atomic E-state index is 5.32. The zero-order valence-corrected chi connectivity index (χ0v) is 15.9. The number of piperazine rings is 1. The van der Waals surface area contributed by atoms with E-state index in [2.05, 4.69) is 38.3 Å². The van der Waals surface area contributed by atoms with Crippen LogP contribution in [0.3, 0.4) is 0 Å². The summed E-state index contributed by atoms with van der Waals surface area (Å²) in [5.41, 5.74) is 2.20. The third-order valence-electron chi connectivity index (χ3n) is 4.74. The van der Waals surface area contributed by atoms with Gasteiger partial charge in [-0.15, -0.1) is 11.3 Å². The first-order valence-electron chi connectivity index (χ1n) is 8.75. The Bertz CT molecular complexity index is 874. The number of rotatable bonds is 5. The van der Waals surface area contributed by atoms with Gasteiger partial charge in [0.25, 0.3) is 0 Å². The predicted molar refractivity (Wildman–Crippen MR) is 103 cm³/mol. The van der Waals surface area contributed by atoms with Crippen LogP contribution in [0.1, 0.15) is 17.6 Å². The molecule has 1 atom stereocenters. The van der Waals surface area contributed by atoms with Crippen molar-refractivity contribution in [1.29, 1.82) is 0 Å². The summed E-state index contributed by atoms with van der Waals surface area (Å²) in [5.74, 6) is 1.96. The van der Waals surface area contributed by atoms with E-state index in [0.717, 1.165) is 54.0 Å². The molecule has 1 saturated heterocycles. The fourth-order valence-corrected chi connectivity index (χ4v) is 4.17. The lowest BCUT2D eigenvalue weighted by molar-refractivity contribution is 0.143. The summed E-state index contributed by atoms with van der Waals surface area (Å²) >= 11 is 1.68. The maximum absolute atomic E-state index is 5.32. The van der Waals surface area contributed by atoms with E-state index in [-0.39, 0.29) is 6.04 Å². The van der Waals surface area contributed by atoms with Crippen molar-refractivity contribution in [3.05, 3.63) is 53.6 Å². The lowest BCUT2D eigenvalue weighted by atomic mass is 10.1. The van der Waals surface area contributed by atoms with Gasteiger partial charge in [-0.05, 0) is 12.1 Å². The number of methoxy groups -OCH3 is 1. The maximum Gasteiger partial charge on any atom is 0.127 e. The molecule has 7 heteroatoms. The van der Waals surface area contributed by atoms with Crippen molar-refractivity contribution < 1.29 is 4.74 Å². The average Bonchev–Trinajstić information content (AvgIpc) is 3.31. The van der Waals surface area contributed by atoms with Crippen LogP contribution in [-0.4, -0.2) is 46.2 Å². The van der Waals surface area contributed by atoms with Crippen molar-refractivity contribution >= 4 is 11.3 Å². The van der Waals surface area contributed by atoms with Crippen molar-refractivity contribution in [2.75, 3.05) is 26.7 Å². The molecule has 6 nitrogen and oxygen atoms in total. The number of aryl methyl sites for hydroxylation is 1. The molecule has 1 aromatic carbocycles. The van der Waals surface area contributed by atoms with Gasteiger partial charge in [-0.25, -0.2) is 9.97 Å². The van der Waals surface area contributed by atoms with Gasteiger partial charge in [0, 0.05) is 56.6 Å². The number of ether oxygens (including phenoxy) is 1. The van der Waals surface area contributed by atoms with Crippen LogP contribution in [0.25, 0.3) is 10.6 Å². The van der Waals surface area contributed by atoms with Crippen LogP contribution >= 0.6 is 11.3 Å². The molecule has 0 bridgehead atoms. The number of aromatic nitrogens is 3. The predicted octanol–water partition coefficient (Wildman–Crippen LogP) is 2.70. The summed E-state index contributed by atoms with van der Waals surface area (Å²) in [6, 6.07) is 8.33. The quantitative estimate of drug-likeness (QED) is 0.749. The monoisotopic (exact) mass is 369 g/mol. The summed E-state index contributed by atoms with van der Waals surface area (Å²) in [7, 11) is 3.74. The van der Waals surface area contributed by atoms with Crippen LogP contribution < -0.4 is 10.1 Å². The van der Waals surface area contributed by atoms with Gasteiger partial charge in [0.1, 0.15) is 16.6 Å². The van der Waals surface area contributed by atoms with Crippen molar-refractivity contribution in [3.8, 4) is 16.3 Å². The smallest absolute Gasteiger partial charge is 0.127 e. The molecule has 1 N–H and O–H groups in total. The van der Waals surface area contributed by atoms with E-state index in [0.29, 0.717) is 0 Å². The lowest BCUT2D eigenvalue weighted by Crippen LogP contribution is -2.46. The summed E-state index contributed by atoms with van der Waals surface area (Å²) < 4.78 is 7.43. The van der Waals surface area contributed by atoms with Crippen LogP contribution in [0.15, 0.2) is 42.0 Å². The van der Waals surface area contributed by atoms with Crippen LogP contribution in [-0.2, 0) is 13.6 Å². The third kappa shape index (κ3) is 3.51. The highest BCUT2D eigenvalue weighted by Gasteiger charge is 2.27. The van der Waals surface area contributed by atoms with Gasteiger partial charge in [-0.1, -0.05) is 12.1 Å². The number of hydrogen-bond acceptors (Lipinski definition) is 6. The molecule has 2 aromatic heterocycles. The largest absolute Gasteiger partial charge is 0.497 e. The minimum atomic E-state index is 0.269. The van der Waals surface area contributed by atoms with Gasteiger partial charge in [-0.3, -0.25) is 4.90 Å². The van der Waals surface area contributed by atoms with E-state index in [1.165, 1.54) is 0 Å². The van der Waals surface area contributed by atoms with Gasteiger partial charge >= 0.3 is 0 Å². The van der Waals surface area contributed by atoms with E-state index in [4.69, 9.17) is 9.72 Å². The Morgan fingerprint density at radius 3 is 3.12 bits per heavy atom. The number of hydrogen-bond donors (Lipinski definition) is 1. The topological polar surface area (TPSA) is 55.2 Å². The second kappa shape index (κ2) is 7.57. The molecule has 4 rings (SSSR count). The molecule has 0 radical (unpaired) electrons. The average molecular weight is 369 g/mol. The molecule has 26 heavy (non-hydrogen) atoms. The highest BCUT2D eigenvalue weighted by molar-refractivity contribution is 7.13. The first kappa shape index (κ1) is 17.2. The molecule has 0 spiro atoms. The molecule has 1 fully saturated rings. The van der Waals surface area contributed by atoms with Gasteiger partial charge in [0.15, 0.2) is 0 Å². The zero-order valence-electron chi connectivity index (χ0n) is 15.1. The SMILES string of the molecule is COc1cccc(-c2nc(CN3CCNCC3c3nccn3C)cs2)c1. The van der Waals surface area contributed by atoms with Crippen LogP contribution in [0.4, 0.5) is 0 Å². The van der Waals surface area contributed by atoms with E-state index in [9.17, 15) is 0 Å². The lowest BCUT2D eigenvalue weighted by Gasteiger charge is -2.35. The normalized spacial score (nSPS) is 18.2. The van der Waals surface area contributed by atoms with Crippen molar-refractivity contribution in [2.24, 2.45) is 7.05 Å². The summed E-state index contributed by atoms with van der Waals surface area (Å²) in [5, 5.41) is 6.67. The molecule has 0 saturated carbocycles. The number of imidazole rings is 1. The number of thiazole rings is 1. The second-order valence-electron chi connectivity index (χ2n) is 6.46. The Morgan fingerprint density at radius 1 is 1.38 bits per heavy atom. The first-order valence-corrected chi connectivity index (χ1v) is 9.63. The second-order valence-corrected chi connectivity index (χ2v) is 7.32. The molecule has 1 aliphatic heterocycles. The van der Waals surface area contributed by atoms with Crippen molar-refractivity contribution in [2.45, 2.75) is 12.6 Å². The van der Waals surface area contributed by atoms with Crippen LogP contribution in [0.2, 0.25) is 0 Å². The highest BCUT2D eigenvalue weighted by atomic mass is 32.1. The van der Waals surface area contributed by atoms with Crippen molar-refractivity contribution in [1.82, 2.24) is 24.8 Å². The fourth-order valence-electron chi connectivity index (χ4n) is 3.36. The van der Waals surface area contributed by atoms with E-state index < -0.39 is 0 Å². The van der Waals surface area contributed by atoms with Crippen LogP contribution in [0, 0.1) is 0 Å². The van der Waals surface area contributed by atoms with Gasteiger partial charge in [0.2, 0.25) is 0 Å². The van der Waals surface area contributed by atoms with E-state index in [1.807, 2.05) is 30.6 Å². The fraction of sp³-hybridized carbons (Fsp3) is 0.368. The highest BCUT2D eigenvalue weighted by Crippen LogP contribution is 2.29. The van der Waals surface area contributed by atoms with E-state index in [1.54, 1.807) is 18.4 Å². The summed E-state index contributed by atoms with van der Waals surface area (Å²) in [4.78, 5) is 11.9. The molecular formula is C19H23N5OS. The van der Waals surface area contributed by atoms with Gasteiger partial charge in [0.05, 0.1) is 18.8 Å². The Balaban J connectivity index is 1.53. The first-order chi connectivity index (χ1) is 12.7. The molecule has 1 unspecified atom stereocenters. The molecular weight excluding hydrogens is 346 g/mol. The zero-order chi connectivity index (χ0) is 17.9. The number of nitrogens with zero attached hydrogens (tertiary/aromatic N) is 4. The Labute approximate surface area is 157 Å². The summed E-state index contributed by atoms with van der Waals surface area (Å²) in [6.07, 6.45) is 3.87. The minimum Gasteiger partial charge on any atom is -0.497 e.